The summed E-state index contributed by atoms with van der Waals surface area (Å²) in [6.45, 7) is 2.03. The molecule has 4 rings (SSSR count). The molecule has 0 N–H and O–H groups in total. The van der Waals surface area contributed by atoms with Crippen molar-refractivity contribution >= 4 is 35.1 Å². The average molecular weight is 452 g/mol. The molecule has 0 aromatic heterocycles. The maximum atomic E-state index is 15.1. The Hall–Kier alpha value is -3.68. The van der Waals surface area contributed by atoms with Crippen molar-refractivity contribution < 1.29 is 14.1 Å². The lowest BCUT2D eigenvalue weighted by atomic mass is 10.1. The Labute approximate surface area is 194 Å². The van der Waals surface area contributed by atoms with Gasteiger partial charge in [0.1, 0.15) is 0 Å². The number of aryl methyl sites for hydroxylation is 1. The molecule has 0 aliphatic heterocycles. The number of ether oxygens (including phenoxy) is 1. The highest BCUT2D eigenvalue weighted by Crippen LogP contribution is 2.57. The molecule has 0 amide bonds. The van der Waals surface area contributed by atoms with Gasteiger partial charge in [0.05, 0.1) is 12.7 Å². The predicted octanol–water partition coefficient (Wildman–Crippen LogP) is 6.29. The molecule has 0 spiro atoms. The summed E-state index contributed by atoms with van der Waals surface area (Å²) in [4.78, 5) is 11.8. The van der Waals surface area contributed by atoms with Crippen LogP contribution in [0.2, 0.25) is 0 Å². The molecule has 0 unspecified atom stereocenters. The molecule has 0 saturated carbocycles. The number of hydrogen-bond acceptors (Lipinski definition) is 3. The van der Waals surface area contributed by atoms with Gasteiger partial charge >= 0.3 is 5.97 Å². The first kappa shape index (κ1) is 22.5. The molecule has 4 heteroatoms. The van der Waals surface area contributed by atoms with Crippen LogP contribution < -0.4 is 10.6 Å². The van der Waals surface area contributed by atoms with Gasteiger partial charge in [0.2, 0.25) is 0 Å². The molecule has 0 atom stereocenters. The van der Waals surface area contributed by atoms with Crippen LogP contribution in [0, 0.1) is 6.92 Å². The summed E-state index contributed by atoms with van der Waals surface area (Å²) in [6.07, 6.45) is 1.96. The third kappa shape index (κ3) is 4.74. The zero-order valence-electron chi connectivity index (χ0n) is 18.6. The zero-order valence-corrected chi connectivity index (χ0v) is 19.5. The summed E-state index contributed by atoms with van der Waals surface area (Å²) in [5, 5.41) is 2.29. The molecule has 164 valence electrons. The van der Waals surface area contributed by atoms with Crippen LogP contribution in [0.15, 0.2) is 109 Å². The second-order valence-electron chi connectivity index (χ2n) is 7.79. The van der Waals surface area contributed by atoms with Crippen molar-refractivity contribution in [3.05, 3.63) is 131 Å². The molecule has 0 saturated heterocycles. The lowest BCUT2D eigenvalue weighted by Gasteiger charge is -2.23. The van der Waals surface area contributed by atoms with Crippen LogP contribution in [-0.2, 0) is 9.30 Å². The van der Waals surface area contributed by atoms with Gasteiger partial charge in [0, 0.05) is 15.9 Å². The van der Waals surface area contributed by atoms with Gasteiger partial charge in [0.15, 0.2) is 7.14 Å². The summed E-state index contributed by atoms with van der Waals surface area (Å²) >= 11 is 0. The van der Waals surface area contributed by atoms with E-state index in [4.69, 9.17) is 4.74 Å². The lowest BCUT2D eigenvalue weighted by Crippen LogP contribution is -2.17. The normalized spacial score (nSPS) is 11.8. The van der Waals surface area contributed by atoms with E-state index in [0.29, 0.717) is 5.56 Å². The Kier molecular flexibility index (Phi) is 6.72. The number of carbonyl (C=O) groups excluding carboxylic acids is 1. The smallest absolute Gasteiger partial charge is 0.337 e. The molecule has 0 radical (unpaired) electrons. The van der Waals surface area contributed by atoms with Crippen LogP contribution in [0.25, 0.3) is 11.4 Å². The van der Waals surface area contributed by atoms with Crippen LogP contribution in [0.5, 0.6) is 0 Å². The van der Waals surface area contributed by atoms with E-state index < -0.39 is 7.14 Å². The SMILES string of the molecule is COC(=O)c1ccc(/C=C(/c2ccc(C)cc2)P(=O)(c2ccccc2)c2ccccc2)cc1. The van der Waals surface area contributed by atoms with Crippen LogP contribution in [0.3, 0.4) is 0 Å². The second-order valence-corrected chi connectivity index (χ2v) is 10.5. The van der Waals surface area contributed by atoms with Crippen LogP contribution >= 0.6 is 7.14 Å². The molecular weight excluding hydrogens is 427 g/mol. The molecule has 0 fully saturated rings. The molecule has 4 aromatic rings. The number of carbonyl (C=O) groups is 1. The number of rotatable bonds is 6. The maximum Gasteiger partial charge on any atom is 0.337 e. The van der Waals surface area contributed by atoms with Gasteiger partial charge in [-0.3, -0.25) is 0 Å². The van der Waals surface area contributed by atoms with Crippen LogP contribution in [0.4, 0.5) is 0 Å². The first-order valence-corrected chi connectivity index (χ1v) is 12.4. The fourth-order valence-electron chi connectivity index (χ4n) is 3.77. The highest BCUT2D eigenvalue weighted by Gasteiger charge is 2.32. The summed E-state index contributed by atoms with van der Waals surface area (Å²) in [7, 11) is -1.84. The van der Waals surface area contributed by atoms with Crippen molar-refractivity contribution in [1.29, 1.82) is 0 Å². The second kappa shape index (κ2) is 9.85. The van der Waals surface area contributed by atoms with Gasteiger partial charge in [-0.15, -0.1) is 0 Å². The third-order valence-corrected chi connectivity index (χ3v) is 8.68. The first-order chi connectivity index (χ1) is 16.0. The van der Waals surface area contributed by atoms with Crippen LogP contribution in [-0.4, -0.2) is 13.1 Å². The minimum Gasteiger partial charge on any atom is -0.465 e. The number of esters is 1. The van der Waals surface area contributed by atoms with Crippen molar-refractivity contribution in [2.45, 2.75) is 6.92 Å². The highest BCUT2D eigenvalue weighted by molar-refractivity contribution is 7.87. The van der Waals surface area contributed by atoms with E-state index in [9.17, 15) is 4.79 Å². The molecule has 0 aliphatic carbocycles. The van der Waals surface area contributed by atoms with E-state index in [1.165, 1.54) is 7.11 Å². The summed E-state index contributed by atoms with van der Waals surface area (Å²) in [6, 6.07) is 34.5. The lowest BCUT2D eigenvalue weighted by molar-refractivity contribution is 0.0600. The van der Waals surface area contributed by atoms with Crippen molar-refractivity contribution in [3.8, 4) is 0 Å². The largest absolute Gasteiger partial charge is 0.465 e. The Morgan fingerprint density at radius 3 is 1.67 bits per heavy atom. The molecular formula is C29H25O3P. The molecule has 4 aromatic carbocycles. The zero-order chi connectivity index (χ0) is 23.3. The summed E-state index contributed by atoms with van der Waals surface area (Å²) in [5.74, 6) is -0.386. The fourth-order valence-corrected chi connectivity index (χ4v) is 6.66. The quantitative estimate of drug-likeness (QED) is 0.196. The monoisotopic (exact) mass is 452 g/mol. The van der Waals surface area contributed by atoms with E-state index in [2.05, 4.69) is 0 Å². The van der Waals surface area contributed by atoms with E-state index in [1.807, 2.05) is 110 Å². The van der Waals surface area contributed by atoms with Crippen molar-refractivity contribution in [1.82, 2.24) is 0 Å². The van der Waals surface area contributed by atoms with Gasteiger partial charge in [-0.25, -0.2) is 4.79 Å². The Balaban J connectivity index is 1.96. The molecule has 3 nitrogen and oxygen atoms in total. The Morgan fingerprint density at radius 2 is 1.18 bits per heavy atom. The molecule has 0 aliphatic rings. The predicted molar refractivity (Wildman–Crippen MR) is 137 cm³/mol. The van der Waals surface area contributed by atoms with Crippen molar-refractivity contribution in [3.63, 3.8) is 0 Å². The maximum absolute atomic E-state index is 15.1. The van der Waals surface area contributed by atoms with Gasteiger partial charge in [-0.05, 0) is 36.3 Å². The van der Waals surface area contributed by atoms with E-state index in [1.54, 1.807) is 12.1 Å². The Morgan fingerprint density at radius 1 is 0.697 bits per heavy atom. The summed E-state index contributed by atoms with van der Waals surface area (Å²) < 4.78 is 19.9. The minimum atomic E-state index is -3.20. The number of benzene rings is 4. The average Bonchev–Trinajstić information content (AvgIpc) is 2.88. The summed E-state index contributed by atoms with van der Waals surface area (Å²) in [5.41, 5.74) is 3.36. The third-order valence-electron chi connectivity index (χ3n) is 5.56. The van der Waals surface area contributed by atoms with Crippen LogP contribution in [0.1, 0.15) is 27.0 Å². The van der Waals surface area contributed by atoms with E-state index in [-0.39, 0.29) is 5.97 Å². The first-order valence-electron chi connectivity index (χ1n) is 10.7. The fraction of sp³-hybridized carbons (Fsp3) is 0.0690. The van der Waals surface area contributed by atoms with Crippen molar-refractivity contribution in [2.75, 3.05) is 7.11 Å². The van der Waals surface area contributed by atoms with E-state index in [0.717, 1.165) is 32.6 Å². The van der Waals surface area contributed by atoms with Gasteiger partial charge < -0.3 is 9.30 Å². The van der Waals surface area contributed by atoms with Gasteiger partial charge in [-0.1, -0.05) is 103 Å². The molecule has 33 heavy (non-hydrogen) atoms. The van der Waals surface area contributed by atoms with Gasteiger partial charge in [-0.2, -0.15) is 0 Å². The molecule has 0 bridgehead atoms. The van der Waals surface area contributed by atoms with E-state index >= 15 is 4.57 Å². The standard InChI is InChI=1S/C29H25O3P/c1-22-13-17-24(18-14-22)28(21-23-15-19-25(20-16-23)29(30)32-2)33(31,26-9-5-3-6-10-26)27-11-7-4-8-12-27/h3-21H,1-2H3/b28-21-. The number of methoxy groups -OCH3 is 1. The van der Waals surface area contributed by atoms with Gasteiger partial charge in [0.25, 0.3) is 0 Å². The Bertz CT molecular complexity index is 1260. The minimum absolute atomic E-state index is 0.386. The number of hydrogen-bond donors (Lipinski definition) is 0. The topological polar surface area (TPSA) is 43.4 Å². The highest BCUT2D eigenvalue weighted by atomic mass is 31.2. The molecule has 0 heterocycles. The van der Waals surface area contributed by atoms with Crippen molar-refractivity contribution in [2.24, 2.45) is 0 Å².